The van der Waals surface area contributed by atoms with Crippen molar-refractivity contribution in [1.82, 2.24) is 0 Å². The third-order valence-electron chi connectivity index (χ3n) is 1.34. The van der Waals surface area contributed by atoms with Gasteiger partial charge in [-0.15, -0.1) is 4.99 Å². The van der Waals surface area contributed by atoms with Crippen molar-refractivity contribution < 1.29 is 17.0 Å². The van der Waals surface area contributed by atoms with E-state index in [2.05, 4.69) is 16.2 Å². The molecule has 1 aliphatic heterocycles. The minimum Gasteiger partial charge on any atom is -1.00 e. The van der Waals surface area contributed by atoms with Gasteiger partial charge in [0, 0.05) is 12.1 Å². The Labute approximate surface area is 74.8 Å². The molecule has 1 aromatic rings. The molecule has 0 saturated carbocycles. The van der Waals surface area contributed by atoms with E-state index in [-0.39, 0.29) is 17.0 Å². The quantitative estimate of drug-likeness (QED) is 0.406. The lowest BCUT2D eigenvalue weighted by Crippen LogP contribution is -3.00. The summed E-state index contributed by atoms with van der Waals surface area (Å²) in [7, 11) is 0. The first-order valence-corrected chi connectivity index (χ1v) is 3.04. The van der Waals surface area contributed by atoms with Crippen LogP contribution in [0.3, 0.4) is 0 Å². The highest BCUT2D eigenvalue weighted by atomic mass is 79.9. The van der Waals surface area contributed by atoms with E-state index in [0.29, 0.717) is 0 Å². The van der Waals surface area contributed by atoms with Crippen molar-refractivity contribution in [3.05, 3.63) is 34.8 Å². The highest BCUT2D eigenvalue weighted by Crippen LogP contribution is 1.76. The second-order valence-corrected chi connectivity index (χ2v) is 2.00. The van der Waals surface area contributed by atoms with Gasteiger partial charge >= 0.3 is 0 Å². The topological polar surface area (TPSA) is 24.7 Å². The maximum Gasteiger partial charge on any atom is 0.209 e. The maximum absolute atomic E-state index is 4.04. The van der Waals surface area contributed by atoms with Crippen LogP contribution in [0.15, 0.2) is 34.3 Å². The Kier molecular flexibility index (Phi) is 2.47. The van der Waals surface area contributed by atoms with E-state index in [1.54, 1.807) is 0 Å². The third-order valence-corrected chi connectivity index (χ3v) is 1.34. The van der Waals surface area contributed by atoms with Crippen molar-refractivity contribution in [2.75, 3.05) is 0 Å². The Morgan fingerprint density at radius 1 is 1.18 bits per heavy atom. The molecule has 54 valence electrons. The summed E-state index contributed by atoms with van der Waals surface area (Å²) in [5.41, 5.74) is 0. The molecule has 2 rings (SSSR count). The molecule has 11 heavy (non-hydrogen) atoms. The van der Waals surface area contributed by atoms with Gasteiger partial charge in [-0.1, -0.05) is 4.99 Å². The van der Waals surface area contributed by atoms with Crippen LogP contribution >= 0.6 is 0 Å². The van der Waals surface area contributed by atoms with E-state index in [9.17, 15) is 0 Å². The lowest BCUT2D eigenvalue weighted by molar-refractivity contribution is -0.00000203. The Hall–Kier alpha value is -1.05. The van der Waals surface area contributed by atoms with Crippen LogP contribution in [0, 0.1) is 0 Å². The number of halogens is 1. The van der Waals surface area contributed by atoms with Gasteiger partial charge in [-0.2, -0.15) is 0 Å². The molecule has 0 aromatic heterocycles. The van der Waals surface area contributed by atoms with Gasteiger partial charge in [-0.25, -0.2) is 0 Å². The van der Waals surface area contributed by atoms with Crippen molar-refractivity contribution in [3.63, 3.8) is 0 Å². The molecule has 0 aliphatic carbocycles. The van der Waals surface area contributed by atoms with Gasteiger partial charge in [0.25, 0.3) is 0 Å². The molecule has 3 heteroatoms. The first-order valence-electron chi connectivity index (χ1n) is 3.04. The molecule has 2 nitrogen and oxygen atoms in total. The zero-order valence-corrected chi connectivity index (χ0v) is 7.25. The van der Waals surface area contributed by atoms with Gasteiger partial charge in [0.05, 0.1) is 0 Å². The van der Waals surface area contributed by atoms with Crippen LogP contribution in [0.2, 0.25) is 0 Å². The fraction of sp³-hybridized carbons (Fsp3) is 0. The lowest BCUT2D eigenvalue weighted by atomic mass is 10.3. The van der Waals surface area contributed by atoms with Crippen LogP contribution in [-0.2, 0) is 0 Å². The third kappa shape index (κ3) is 1.50. The number of nitrogens with zero attached hydrogens (tertiary/aromatic N) is 2. The summed E-state index contributed by atoms with van der Waals surface area (Å²) in [5.74, 6) is 0. The summed E-state index contributed by atoms with van der Waals surface area (Å²) in [6.45, 7) is 0. The summed E-state index contributed by atoms with van der Waals surface area (Å²) in [6, 6.07) is 7.77. The molecule has 1 heterocycles. The number of benzene rings is 1. The molecule has 0 amide bonds. The van der Waals surface area contributed by atoms with Crippen LogP contribution in [0.5, 0.6) is 0 Å². The Bertz CT molecular complexity index is 344. The van der Waals surface area contributed by atoms with Crippen molar-refractivity contribution in [2.24, 2.45) is 9.98 Å². The fourth-order valence-corrected chi connectivity index (χ4v) is 0.870. The Balaban J connectivity index is 0.000000605. The zero-order valence-electron chi connectivity index (χ0n) is 5.66. The van der Waals surface area contributed by atoms with Crippen LogP contribution in [-0.4, -0.2) is 6.34 Å². The molecule has 0 radical (unpaired) electrons. The highest BCUT2D eigenvalue weighted by molar-refractivity contribution is 5.61. The van der Waals surface area contributed by atoms with Gasteiger partial charge in [-0.3, -0.25) is 0 Å². The Morgan fingerprint density at radius 2 is 2.00 bits per heavy atom. The van der Waals surface area contributed by atoms with E-state index >= 15 is 0 Å². The first kappa shape index (κ1) is 8.05. The standard InChI is InChI=1S/C8H5N2.BrH/c1-2-4-8-7(3-1)5-9-6-10-8;/h1-4,6H;1H/q+1;/p-1. The Morgan fingerprint density at radius 3 is 2.82 bits per heavy atom. The highest BCUT2D eigenvalue weighted by Gasteiger charge is 1.96. The van der Waals surface area contributed by atoms with Crippen molar-refractivity contribution >= 4 is 12.5 Å². The smallest absolute Gasteiger partial charge is 0.209 e. The molecule has 0 unspecified atom stereocenters. The average molecular weight is 209 g/mol. The second-order valence-electron chi connectivity index (χ2n) is 2.00. The molecule has 0 spiro atoms. The summed E-state index contributed by atoms with van der Waals surface area (Å²) < 4.78 is 0. The number of hydrogen-bond donors (Lipinski definition) is 0. The molecule has 0 fully saturated rings. The van der Waals surface area contributed by atoms with E-state index in [1.165, 1.54) is 6.34 Å². The molecule has 1 aliphatic rings. The predicted octanol–water partition coefficient (Wildman–Crippen LogP) is -3.03. The summed E-state index contributed by atoms with van der Waals surface area (Å²) in [6.07, 6.45) is 4.34. The zero-order chi connectivity index (χ0) is 6.81. The predicted molar refractivity (Wildman–Crippen MR) is 39.1 cm³/mol. The first-order chi connectivity index (χ1) is 4.97. The number of rotatable bonds is 0. The molecule has 1 aromatic carbocycles. The van der Waals surface area contributed by atoms with Crippen LogP contribution in [0.25, 0.3) is 6.20 Å². The molecule has 0 N–H and O–H groups in total. The van der Waals surface area contributed by atoms with Gasteiger partial charge in [0.15, 0.2) is 10.6 Å². The molecule has 0 atom stereocenters. The van der Waals surface area contributed by atoms with E-state index in [4.69, 9.17) is 0 Å². The summed E-state index contributed by atoms with van der Waals surface area (Å²) in [5, 5.41) is 1.91. The van der Waals surface area contributed by atoms with Crippen molar-refractivity contribution in [1.29, 1.82) is 0 Å². The van der Waals surface area contributed by atoms with Gasteiger partial charge in [0.2, 0.25) is 6.34 Å². The number of hydrogen-bond acceptors (Lipinski definition) is 2. The molecular weight excluding hydrogens is 204 g/mol. The minimum absolute atomic E-state index is 0. The van der Waals surface area contributed by atoms with Gasteiger partial charge in [0.1, 0.15) is 6.20 Å². The largest absolute Gasteiger partial charge is 1.00 e. The SMILES string of the molecule is [Br-].[C+]1=c2ccccc2=NC=N1. The molecular formula is C8H5BrN2. The van der Waals surface area contributed by atoms with E-state index in [1.807, 2.05) is 24.3 Å². The van der Waals surface area contributed by atoms with Gasteiger partial charge in [-0.05, 0) is 12.1 Å². The summed E-state index contributed by atoms with van der Waals surface area (Å²) >= 11 is 0. The van der Waals surface area contributed by atoms with Crippen LogP contribution in [0.1, 0.15) is 0 Å². The lowest BCUT2D eigenvalue weighted by Gasteiger charge is -1.79. The number of fused-ring (bicyclic) bond motifs is 1. The monoisotopic (exact) mass is 208 g/mol. The normalized spacial score (nSPS) is 11.3. The number of para-hydroxylation sites is 1. The minimum atomic E-state index is 0. The van der Waals surface area contributed by atoms with Crippen LogP contribution < -0.4 is 27.6 Å². The number of aliphatic imine (C=N–C) groups is 1. The molecule has 0 saturated heterocycles. The van der Waals surface area contributed by atoms with Gasteiger partial charge < -0.3 is 17.0 Å². The van der Waals surface area contributed by atoms with E-state index < -0.39 is 0 Å². The fourth-order valence-electron chi connectivity index (χ4n) is 0.870. The van der Waals surface area contributed by atoms with Crippen molar-refractivity contribution in [3.8, 4) is 0 Å². The van der Waals surface area contributed by atoms with Crippen molar-refractivity contribution in [2.45, 2.75) is 0 Å². The average Bonchev–Trinajstić information content (AvgIpc) is 2.05. The van der Waals surface area contributed by atoms with Crippen LogP contribution in [0.4, 0.5) is 0 Å². The maximum atomic E-state index is 4.04. The molecule has 0 bridgehead atoms. The van der Waals surface area contributed by atoms with E-state index in [0.717, 1.165) is 10.6 Å². The summed E-state index contributed by atoms with van der Waals surface area (Å²) in [4.78, 5) is 7.82. The second kappa shape index (κ2) is 3.37.